The van der Waals surface area contributed by atoms with E-state index in [0.29, 0.717) is 5.69 Å². The molecule has 126 valence electrons. The Kier molecular flexibility index (Phi) is 3.98. The van der Waals surface area contributed by atoms with Gasteiger partial charge in [-0.1, -0.05) is 24.3 Å². The number of hydrogen-bond donors (Lipinski definition) is 2. The van der Waals surface area contributed by atoms with Gasteiger partial charge >= 0.3 is 0 Å². The minimum absolute atomic E-state index is 0.0661. The zero-order chi connectivity index (χ0) is 17.2. The summed E-state index contributed by atoms with van der Waals surface area (Å²) in [4.78, 5) is 12.6. The summed E-state index contributed by atoms with van der Waals surface area (Å²) in [7, 11) is 1.63. The highest BCUT2D eigenvalue weighted by molar-refractivity contribution is 5.93. The average molecular weight is 333 g/mol. The van der Waals surface area contributed by atoms with Gasteiger partial charge in [-0.2, -0.15) is 5.10 Å². The predicted octanol–water partition coefficient (Wildman–Crippen LogP) is 3.50. The maximum Gasteiger partial charge on any atom is 0.269 e. The molecule has 1 aliphatic carbocycles. The molecule has 1 heterocycles. The molecule has 4 rings (SSSR count). The SMILES string of the molecule is COc1ccc(-c2cc(C(=O)N[C@@H]3CCc4ccccc43)[nH]n2)cc1. The number of methoxy groups -OCH3 is 1. The van der Waals surface area contributed by atoms with Gasteiger partial charge in [0.15, 0.2) is 0 Å². The fourth-order valence-electron chi connectivity index (χ4n) is 3.29. The van der Waals surface area contributed by atoms with Crippen LogP contribution in [0.1, 0.15) is 34.1 Å². The Balaban J connectivity index is 1.49. The lowest BCUT2D eigenvalue weighted by Crippen LogP contribution is -2.27. The van der Waals surface area contributed by atoms with E-state index in [2.05, 4.69) is 27.6 Å². The molecule has 0 saturated heterocycles. The van der Waals surface area contributed by atoms with Gasteiger partial charge in [0, 0.05) is 5.56 Å². The largest absolute Gasteiger partial charge is 0.497 e. The third kappa shape index (κ3) is 3.01. The molecule has 2 N–H and O–H groups in total. The molecule has 2 aromatic carbocycles. The molecule has 25 heavy (non-hydrogen) atoms. The minimum atomic E-state index is -0.131. The van der Waals surface area contributed by atoms with E-state index in [4.69, 9.17) is 4.74 Å². The molecule has 3 aromatic rings. The van der Waals surface area contributed by atoms with Crippen LogP contribution in [0.3, 0.4) is 0 Å². The van der Waals surface area contributed by atoms with Crippen molar-refractivity contribution >= 4 is 5.91 Å². The molecule has 0 unspecified atom stereocenters. The van der Waals surface area contributed by atoms with Crippen molar-refractivity contribution in [2.75, 3.05) is 7.11 Å². The maximum atomic E-state index is 12.6. The van der Waals surface area contributed by atoms with Crippen molar-refractivity contribution in [3.63, 3.8) is 0 Å². The number of rotatable bonds is 4. The Morgan fingerprint density at radius 2 is 2.00 bits per heavy atom. The van der Waals surface area contributed by atoms with Crippen LogP contribution >= 0.6 is 0 Å². The highest BCUT2D eigenvalue weighted by Gasteiger charge is 2.24. The molecule has 1 aliphatic rings. The molecule has 5 heteroatoms. The average Bonchev–Trinajstić information content (AvgIpc) is 3.30. The molecule has 0 aliphatic heterocycles. The second kappa shape index (κ2) is 6.43. The number of amides is 1. The summed E-state index contributed by atoms with van der Waals surface area (Å²) in [5.41, 5.74) is 4.67. The molecule has 0 radical (unpaired) electrons. The van der Waals surface area contributed by atoms with Crippen molar-refractivity contribution in [3.8, 4) is 17.0 Å². The van der Waals surface area contributed by atoms with Gasteiger partial charge < -0.3 is 10.1 Å². The number of carbonyl (C=O) groups excluding carboxylic acids is 1. The van der Waals surface area contributed by atoms with Gasteiger partial charge in [0.2, 0.25) is 0 Å². The van der Waals surface area contributed by atoms with Gasteiger partial charge in [0.05, 0.1) is 18.8 Å². The summed E-state index contributed by atoms with van der Waals surface area (Å²) in [6.45, 7) is 0. The Morgan fingerprint density at radius 1 is 1.20 bits per heavy atom. The second-order valence-corrected chi connectivity index (χ2v) is 6.16. The first-order chi connectivity index (χ1) is 12.2. The van der Waals surface area contributed by atoms with Crippen LogP contribution in [-0.4, -0.2) is 23.2 Å². The number of aromatic amines is 1. The van der Waals surface area contributed by atoms with Gasteiger partial charge in [0.25, 0.3) is 5.91 Å². The summed E-state index contributed by atoms with van der Waals surface area (Å²) in [6, 6.07) is 17.7. The zero-order valence-electron chi connectivity index (χ0n) is 14.0. The molecule has 5 nitrogen and oxygen atoms in total. The number of carbonyl (C=O) groups is 1. The van der Waals surface area contributed by atoms with E-state index in [1.807, 2.05) is 36.4 Å². The van der Waals surface area contributed by atoms with Crippen molar-refractivity contribution in [2.45, 2.75) is 18.9 Å². The number of benzene rings is 2. The summed E-state index contributed by atoms with van der Waals surface area (Å²) in [5, 5.41) is 10.2. The molecule has 1 amide bonds. The number of aryl methyl sites for hydroxylation is 1. The van der Waals surface area contributed by atoms with Crippen LogP contribution in [0.2, 0.25) is 0 Å². The lowest BCUT2D eigenvalue weighted by atomic mass is 10.1. The molecule has 1 atom stereocenters. The second-order valence-electron chi connectivity index (χ2n) is 6.16. The number of H-pyrrole nitrogens is 1. The van der Waals surface area contributed by atoms with Crippen LogP contribution in [0.25, 0.3) is 11.3 Å². The third-order valence-electron chi connectivity index (χ3n) is 4.65. The summed E-state index contributed by atoms with van der Waals surface area (Å²) in [5.74, 6) is 0.658. The summed E-state index contributed by atoms with van der Waals surface area (Å²) in [6.07, 6.45) is 1.94. The monoisotopic (exact) mass is 333 g/mol. The van der Waals surface area contributed by atoms with Gasteiger partial charge in [-0.15, -0.1) is 0 Å². The molecule has 0 saturated carbocycles. The molecular weight excluding hydrogens is 314 g/mol. The van der Waals surface area contributed by atoms with Crippen molar-refractivity contribution in [1.29, 1.82) is 0 Å². The fourth-order valence-corrected chi connectivity index (χ4v) is 3.29. The van der Waals surface area contributed by atoms with E-state index in [1.165, 1.54) is 11.1 Å². The Bertz CT molecular complexity index is 899. The Morgan fingerprint density at radius 3 is 2.80 bits per heavy atom. The molecule has 0 fully saturated rings. The number of nitrogens with zero attached hydrogens (tertiary/aromatic N) is 1. The van der Waals surface area contributed by atoms with Crippen LogP contribution < -0.4 is 10.1 Å². The van der Waals surface area contributed by atoms with E-state index in [0.717, 1.165) is 29.8 Å². The Labute approximate surface area is 146 Å². The van der Waals surface area contributed by atoms with E-state index >= 15 is 0 Å². The van der Waals surface area contributed by atoms with Crippen LogP contribution in [0.5, 0.6) is 5.75 Å². The van der Waals surface area contributed by atoms with Crippen LogP contribution in [0.4, 0.5) is 0 Å². The van der Waals surface area contributed by atoms with Crippen molar-refractivity contribution in [2.24, 2.45) is 0 Å². The first kappa shape index (κ1) is 15.4. The lowest BCUT2D eigenvalue weighted by molar-refractivity contribution is 0.0931. The molecule has 1 aromatic heterocycles. The van der Waals surface area contributed by atoms with Crippen molar-refractivity contribution in [1.82, 2.24) is 15.5 Å². The van der Waals surface area contributed by atoms with Crippen LogP contribution in [0.15, 0.2) is 54.6 Å². The number of aromatic nitrogens is 2. The van der Waals surface area contributed by atoms with E-state index in [1.54, 1.807) is 13.2 Å². The highest BCUT2D eigenvalue weighted by atomic mass is 16.5. The zero-order valence-corrected chi connectivity index (χ0v) is 14.0. The van der Waals surface area contributed by atoms with E-state index in [-0.39, 0.29) is 11.9 Å². The van der Waals surface area contributed by atoms with Crippen LogP contribution in [-0.2, 0) is 6.42 Å². The number of ether oxygens (including phenoxy) is 1. The van der Waals surface area contributed by atoms with E-state index < -0.39 is 0 Å². The number of fused-ring (bicyclic) bond motifs is 1. The number of hydrogen-bond acceptors (Lipinski definition) is 3. The molecular formula is C20H19N3O2. The number of nitrogens with one attached hydrogen (secondary N) is 2. The normalized spacial score (nSPS) is 15.6. The Hall–Kier alpha value is -3.08. The summed E-state index contributed by atoms with van der Waals surface area (Å²) < 4.78 is 5.16. The fraction of sp³-hybridized carbons (Fsp3) is 0.200. The van der Waals surface area contributed by atoms with Gasteiger partial charge in [-0.3, -0.25) is 9.89 Å². The summed E-state index contributed by atoms with van der Waals surface area (Å²) >= 11 is 0. The minimum Gasteiger partial charge on any atom is -0.497 e. The molecule has 0 spiro atoms. The molecule has 0 bridgehead atoms. The predicted molar refractivity (Wildman–Crippen MR) is 95.5 cm³/mol. The van der Waals surface area contributed by atoms with Crippen LogP contribution in [0, 0.1) is 0 Å². The standard InChI is InChI=1S/C20H19N3O2/c1-25-15-9-6-14(7-10-15)18-12-19(23-22-18)20(24)21-17-11-8-13-4-2-3-5-16(13)17/h2-7,9-10,12,17H,8,11H2,1H3,(H,21,24)(H,22,23)/t17-/m1/s1. The first-order valence-corrected chi connectivity index (χ1v) is 8.33. The topological polar surface area (TPSA) is 67.0 Å². The lowest BCUT2D eigenvalue weighted by Gasteiger charge is -2.13. The van der Waals surface area contributed by atoms with Gasteiger partial charge in [-0.05, 0) is 54.3 Å². The third-order valence-corrected chi connectivity index (χ3v) is 4.65. The first-order valence-electron chi connectivity index (χ1n) is 8.33. The van der Waals surface area contributed by atoms with Gasteiger partial charge in [0.1, 0.15) is 11.4 Å². The smallest absolute Gasteiger partial charge is 0.269 e. The highest BCUT2D eigenvalue weighted by Crippen LogP contribution is 2.31. The van der Waals surface area contributed by atoms with Crippen molar-refractivity contribution < 1.29 is 9.53 Å². The van der Waals surface area contributed by atoms with Gasteiger partial charge in [-0.25, -0.2) is 0 Å². The van der Waals surface area contributed by atoms with E-state index in [9.17, 15) is 4.79 Å². The maximum absolute atomic E-state index is 12.6. The van der Waals surface area contributed by atoms with Crippen molar-refractivity contribution in [3.05, 3.63) is 71.4 Å². The quantitative estimate of drug-likeness (QED) is 0.768.